The fourth-order valence-corrected chi connectivity index (χ4v) is 4.10. The first kappa shape index (κ1) is 16.9. The van der Waals surface area contributed by atoms with Crippen molar-refractivity contribution in [3.63, 3.8) is 0 Å². The van der Waals surface area contributed by atoms with E-state index < -0.39 is 0 Å². The average molecular weight is 343 g/mol. The first-order valence-corrected chi connectivity index (χ1v) is 9.45. The van der Waals surface area contributed by atoms with Gasteiger partial charge in [0.25, 0.3) is 0 Å². The van der Waals surface area contributed by atoms with Crippen LogP contribution in [0.5, 0.6) is 0 Å². The summed E-state index contributed by atoms with van der Waals surface area (Å²) >= 11 is 0. The predicted molar refractivity (Wildman–Crippen MR) is 110 cm³/mol. The normalized spacial score (nSPS) is 18.1. The number of allylic oxidation sites excluding steroid dienone is 2. The topological polar surface area (TPSA) is 35.2 Å². The lowest BCUT2D eigenvalue weighted by Crippen LogP contribution is -2.18. The Hall–Kier alpha value is -2.58. The molecule has 1 heterocycles. The van der Waals surface area contributed by atoms with Gasteiger partial charge < -0.3 is 10.5 Å². The van der Waals surface area contributed by atoms with Crippen LogP contribution in [0.15, 0.2) is 73.0 Å². The molecule has 1 atom stereocenters. The number of rotatable bonds is 1. The summed E-state index contributed by atoms with van der Waals surface area (Å²) in [5.74, 6) is 0.551. The fraction of sp³-hybridized carbons (Fsp3) is 0.250. The standard InChI is InChI=1S/C19H19N.C5H6O/c20-12-14-5-3-7-17-16(14)10-11-18-15-6-2-1-4-13(15)8-9-19(17)18;1-2-4-6-5-3-1/h1-2,4,6,8-11,14H,3,5,7,12,20H2;1-4H,5H2. The summed E-state index contributed by atoms with van der Waals surface area (Å²) in [4.78, 5) is 0. The van der Waals surface area contributed by atoms with E-state index in [1.165, 1.54) is 51.9 Å². The van der Waals surface area contributed by atoms with Crippen LogP contribution in [0.4, 0.5) is 0 Å². The zero-order valence-electron chi connectivity index (χ0n) is 15.0. The minimum atomic E-state index is 0.551. The van der Waals surface area contributed by atoms with Crippen molar-refractivity contribution in [1.82, 2.24) is 0 Å². The van der Waals surface area contributed by atoms with Crippen molar-refractivity contribution in [2.75, 3.05) is 13.2 Å². The van der Waals surface area contributed by atoms with Gasteiger partial charge in [0.2, 0.25) is 0 Å². The molecule has 0 saturated heterocycles. The molecular weight excluding hydrogens is 318 g/mol. The molecule has 0 fully saturated rings. The highest BCUT2D eigenvalue weighted by atomic mass is 16.5. The summed E-state index contributed by atoms with van der Waals surface area (Å²) in [5, 5.41) is 5.51. The first-order valence-electron chi connectivity index (χ1n) is 9.45. The monoisotopic (exact) mass is 343 g/mol. The molecule has 0 aromatic heterocycles. The summed E-state index contributed by atoms with van der Waals surface area (Å²) in [7, 11) is 0. The summed E-state index contributed by atoms with van der Waals surface area (Å²) in [6.07, 6.45) is 11.2. The van der Waals surface area contributed by atoms with Crippen molar-refractivity contribution in [2.24, 2.45) is 5.73 Å². The van der Waals surface area contributed by atoms with Gasteiger partial charge in [0.1, 0.15) is 6.61 Å². The lowest BCUT2D eigenvalue weighted by molar-refractivity contribution is 0.286. The quantitative estimate of drug-likeness (QED) is 0.596. The number of hydrogen-bond donors (Lipinski definition) is 1. The molecule has 2 heteroatoms. The molecule has 3 aromatic carbocycles. The van der Waals surface area contributed by atoms with Gasteiger partial charge in [-0.1, -0.05) is 54.6 Å². The minimum absolute atomic E-state index is 0.551. The van der Waals surface area contributed by atoms with Crippen molar-refractivity contribution < 1.29 is 4.74 Å². The first-order chi connectivity index (χ1) is 12.9. The van der Waals surface area contributed by atoms with Crippen LogP contribution in [0.2, 0.25) is 0 Å². The van der Waals surface area contributed by atoms with Crippen LogP contribution in [0.25, 0.3) is 21.5 Å². The number of ether oxygens (including phenoxy) is 1. The van der Waals surface area contributed by atoms with Crippen molar-refractivity contribution in [3.05, 3.63) is 84.1 Å². The van der Waals surface area contributed by atoms with E-state index in [2.05, 4.69) is 48.5 Å². The van der Waals surface area contributed by atoms with Crippen molar-refractivity contribution in [1.29, 1.82) is 0 Å². The van der Waals surface area contributed by atoms with E-state index in [0.717, 1.165) is 13.2 Å². The molecule has 1 aliphatic heterocycles. The van der Waals surface area contributed by atoms with E-state index in [0.29, 0.717) is 5.92 Å². The zero-order valence-corrected chi connectivity index (χ0v) is 15.0. The van der Waals surface area contributed by atoms with Crippen LogP contribution >= 0.6 is 0 Å². The van der Waals surface area contributed by atoms with E-state index >= 15 is 0 Å². The number of benzene rings is 3. The fourth-order valence-electron chi connectivity index (χ4n) is 4.10. The van der Waals surface area contributed by atoms with Gasteiger partial charge in [0.15, 0.2) is 0 Å². The maximum atomic E-state index is 5.95. The molecular formula is C24H25NO. The Balaban J connectivity index is 0.000000240. The molecule has 0 radical (unpaired) electrons. The molecule has 0 amide bonds. The highest BCUT2D eigenvalue weighted by Gasteiger charge is 2.20. The highest BCUT2D eigenvalue weighted by molar-refractivity contribution is 6.08. The number of fused-ring (bicyclic) bond motifs is 5. The van der Waals surface area contributed by atoms with Crippen LogP contribution in [0.1, 0.15) is 29.9 Å². The van der Waals surface area contributed by atoms with E-state index in [1.54, 1.807) is 6.26 Å². The molecule has 2 nitrogen and oxygen atoms in total. The van der Waals surface area contributed by atoms with Gasteiger partial charge in [-0.05, 0) is 76.5 Å². The zero-order chi connectivity index (χ0) is 17.8. The Labute approximate surface area is 155 Å². The van der Waals surface area contributed by atoms with Gasteiger partial charge >= 0.3 is 0 Å². The van der Waals surface area contributed by atoms with E-state index in [-0.39, 0.29) is 0 Å². The third-order valence-corrected chi connectivity index (χ3v) is 5.39. The molecule has 1 aliphatic carbocycles. The van der Waals surface area contributed by atoms with Crippen LogP contribution in [-0.2, 0) is 11.2 Å². The second kappa shape index (κ2) is 7.76. The molecule has 2 aliphatic rings. The van der Waals surface area contributed by atoms with Crippen LogP contribution in [-0.4, -0.2) is 13.2 Å². The van der Waals surface area contributed by atoms with Gasteiger partial charge in [-0.25, -0.2) is 0 Å². The molecule has 132 valence electrons. The van der Waals surface area contributed by atoms with Crippen molar-refractivity contribution in [3.8, 4) is 0 Å². The molecule has 2 N–H and O–H groups in total. The second-order valence-electron chi connectivity index (χ2n) is 6.93. The Morgan fingerprint density at radius 1 is 0.923 bits per heavy atom. The van der Waals surface area contributed by atoms with Crippen molar-refractivity contribution >= 4 is 21.5 Å². The predicted octanol–water partition coefficient (Wildman–Crippen LogP) is 5.46. The van der Waals surface area contributed by atoms with Crippen LogP contribution < -0.4 is 5.73 Å². The van der Waals surface area contributed by atoms with Gasteiger partial charge in [-0.15, -0.1) is 0 Å². The molecule has 26 heavy (non-hydrogen) atoms. The number of hydrogen-bond acceptors (Lipinski definition) is 2. The number of nitrogens with two attached hydrogens (primary N) is 1. The van der Waals surface area contributed by atoms with Gasteiger partial charge in [0, 0.05) is 0 Å². The summed E-state index contributed by atoms with van der Waals surface area (Å²) in [6.45, 7) is 1.50. The van der Waals surface area contributed by atoms with E-state index in [1.807, 2.05) is 18.2 Å². The Kier molecular flexibility index (Phi) is 5.03. The SMILES string of the molecule is C1=CCOC=C1.NCC1CCCc2c1ccc1c2ccc2ccccc21. The maximum absolute atomic E-state index is 5.95. The molecule has 3 aromatic rings. The summed E-state index contributed by atoms with van der Waals surface area (Å²) in [6, 6.07) is 17.8. The van der Waals surface area contributed by atoms with Crippen LogP contribution in [0, 0.1) is 0 Å². The molecule has 5 rings (SSSR count). The Bertz CT molecular complexity index is 959. The lowest BCUT2D eigenvalue weighted by atomic mass is 9.80. The number of aryl methyl sites for hydroxylation is 1. The largest absolute Gasteiger partial charge is 0.497 e. The smallest absolute Gasteiger partial charge is 0.106 e. The van der Waals surface area contributed by atoms with Crippen LogP contribution in [0.3, 0.4) is 0 Å². The maximum Gasteiger partial charge on any atom is 0.106 e. The Morgan fingerprint density at radius 2 is 1.81 bits per heavy atom. The van der Waals surface area contributed by atoms with E-state index in [4.69, 9.17) is 10.5 Å². The van der Waals surface area contributed by atoms with Gasteiger partial charge in [0.05, 0.1) is 6.26 Å². The second-order valence-corrected chi connectivity index (χ2v) is 6.93. The van der Waals surface area contributed by atoms with Gasteiger partial charge in [-0.2, -0.15) is 0 Å². The third-order valence-electron chi connectivity index (χ3n) is 5.39. The lowest BCUT2D eigenvalue weighted by Gasteiger charge is -2.26. The third kappa shape index (κ3) is 3.25. The van der Waals surface area contributed by atoms with E-state index in [9.17, 15) is 0 Å². The molecule has 0 saturated carbocycles. The average Bonchev–Trinajstić information content (AvgIpc) is 2.74. The molecule has 0 spiro atoms. The van der Waals surface area contributed by atoms with Crippen molar-refractivity contribution in [2.45, 2.75) is 25.2 Å². The molecule has 1 unspecified atom stereocenters. The Morgan fingerprint density at radius 3 is 2.54 bits per heavy atom. The van der Waals surface area contributed by atoms with Gasteiger partial charge in [-0.3, -0.25) is 0 Å². The summed E-state index contributed by atoms with van der Waals surface area (Å²) < 4.78 is 4.80. The minimum Gasteiger partial charge on any atom is -0.497 e. The summed E-state index contributed by atoms with van der Waals surface area (Å²) in [5.41, 5.74) is 8.98. The highest BCUT2D eigenvalue weighted by Crippen LogP contribution is 2.37. The molecule has 0 bridgehead atoms.